The molecule has 98 valence electrons. The molecule has 18 heavy (non-hydrogen) atoms. The first kappa shape index (κ1) is 13.7. The lowest BCUT2D eigenvalue weighted by atomic mass is 10.0. The zero-order chi connectivity index (χ0) is 13.3. The molecule has 2 aromatic rings. The van der Waals surface area contributed by atoms with E-state index < -0.39 is 0 Å². The Morgan fingerprint density at radius 2 is 2.00 bits per heavy atom. The Bertz CT molecular complexity index is 546. The number of imidazole rings is 1. The van der Waals surface area contributed by atoms with Gasteiger partial charge in [0.2, 0.25) is 0 Å². The summed E-state index contributed by atoms with van der Waals surface area (Å²) in [6.45, 7) is 6.63. The summed E-state index contributed by atoms with van der Waals surface area (Å²) in [5.41, 5.74) is 1.93. The molecular formula is C14H18Cl2N2. The van der Waals surface area contributed by atoms with Crippen molar-refractivity contribution < 1.29 is 0 Å². The third-order valence-electron chi connectivity index (χ3n) is 3.11. The molecule has 0 amide bonds. The fourth-order valence-corrected chi connectivity index (χ4v) is 2.96. The molecule has 0 saturated heterocycles. The summed E-state index contributed by atoms with van der Waals surface area (Å²) in [7, 11) is 0. The van der Waals surface area contributed by atoms with Gasteiger partial charge in [0.25, 0.3) is 0 Å². The standard InChI is InChI=1S/C14H18Cl2N2/c1-9(2)7-10(3)18-13(8-15)17-12-6-4-5-11(16)14(12)18/h4-6,9-10H,7-8H2,1-3H3. The van der Waals surface area contributed by atoms with E-state index in [1.54, 1.807) is 0 Å². The van der Waals surface area contributed by atoms with E-state index in [-0.39, 0.29) is 0 Å². The predicted octanol–water partition coefficient (Wildman–Crippen LogP) is 5.04. The van der Waals surface area contributed by atoms with Gasteiger partial charge in [-0.05, 0) is 31.4 Å². The zero-order valence-electron chi connectivity index (χ0n) is 11.0. The Hall–Kier alpha value is -0.730. The van der Waals surface area contributed by atoms with Gasteiger partial charge in [-0.3, -0.25) is 0 Å². The maximum atomic E-state index is 6.31. The number of hydrogen-bond donors (Lipinski definition) is 0. The molecule has 0 aliphatic carbocycles. The van der Waals surface area contributed by atoms with Gasteiger partial charge in [-0.25, -0.2) is 4.98 Å². The Morgan fingerprint density at radius 1 is 1.28 bits per heavy atom. The second-order valence-corrected chi connectivity index (χ2v) is 5.79. The number of rotatable bonds is 4. The van der Waals surface area contributed by atoms with Crippen molar-refractivity contribution in [2.24, 2.45) is 5.92 Å². The lowest BCUT2D eigenvalue weighted by Crippen LogP contribution is -2.11. The Balaban J connectivity index is 2.59. The molecule has 0 aliphatic rings. The van der Waals surface area contributed by atoms with E-state index in [4.69, 9.17) is 23.2 Å². The van der Waals surface area contributed by atoms with Gasteiger partial charge < -0.3 is 4.57 Å². The summed E-state index contributed by atoms with van der Waals surface area (Å²) < 4.78 is 2.19. The topological polar surface area (TPSA) is 17.8 Å². The molecule has 0 N–H and O–H groups in total. The molecule has 4 heteroatoms. The van der Waals surface area contributed by atoms with Crippen molar-refractivity contribution in [2.45, 2.75) is 39.1 Å². The van der Waals surface area contributed by atoms with E-state index in [1.807, 2.05) is 18.2 Å². The minimum atomic E-state index is 0.351. The number of benzene rings is 1. The summed E-state index contributed by atoms with van der Waals surface area (Å²) >= 11 is 12.3. The third-order valence-corrected chi connectivity index (χ3v) is 3.65. The van der Waals surface area contributed by atoms with E-state index in [0.29, 0.717) is 17.8 Å². The van der Waals surface area contributed by atoms with Crippen LogP contribution in [0.3, 0.4) is 0 Å². The van der Waals surface area contributed by atoms with E-state index in [1.165, 1.54) is 0 Å². The van der Waals surface area contributed by atoms with Crippen LogP contribution in [0.4, 0.5) is 0 Å². The Labute approximate surface area is 118 Å². The molecule has 1 heterocycles. The minimum absolute atomic E-state index is 0.351. The maximum absolute atomic E-state index is 6.31. The highest BCUT2D eigenvalue weighted by Gasteiger charge is 2.17. The smallest absolute Gasteiger partial charge is 0.125 e. The number of nitrogens with zero attached hydrogens (tertiary/aromatic N) is 2. The van der Waals surface area contributed by atoms with Gasteiger partial charge in [0.05, 0.1) is 21.9 Å². The highest BCUT2D eigenvalue weighted by Crippen LogP contribution is 2.30. The zero-order valence-corrected chi connectivity index (χ0v) is 12.5. The van der Waals surface area contributed by atoms with Crippen LogP contribution >= 0.6 is 23.2 Å². The molecule has 1 atom stereocenters. The molecule has 1 aromatic carbocycles. The second kappa shape index (κ2) is 5.50. The van der Waals surface area contributed by atoms with Crippen molar-refractivity contribution in [1.82, 2.24) is 9.55 Å². The number of para-hydroxylation sites is 1. The van der Waals surface area contributed by atoms with Gasteiger partial charge in [-0.1, -0.05) is 31.5 Å². The molecule has 0 fully saturated rings. The molecule has 2 nitrogen and oxygen atoms in total. The van der Waals surface area contributed by atoms with Gasteiger partial charge in [-0.15, -0.1) is 11.6 Å². The van der Waals surface area contributed by atoms with Crippen molar-refractivity contribution in [1.29, 1.82) is 0 Å². The van der Waals surface area contributed by atoms with Crippen LogP contribution in [0.1, 0.15) is 39.1 Å². The van der Waals surface area contributed by atoms with Crippen molar-refractivity contribution in [2.75, 3.05) is 0 Å². The van der Waals surface area contributed by atoms with Crippen LogP contribution in [-0.4, -0.2) is 9.55 Å². The molecule has 0 radical (unpaired) electrons. The SMILES string of the molecule is CC(C)CC(C)n1c(CCl)nc2cccc(Cl)c21. The average Bonchev–Trinajstić information content (AvgIpc) is 2.68. The molecule has 1 unspecified atom stereocenters. The Kier molecular flexibility index (Phi) is 4.18. The van der Waals surface area contributed by atoms with E-state index in [2.05, 4.69) is 30.3 Å². The largest absolute Gasteiger partial charge is 0.323 e. The van der Waals surface area contributed by atoms with Crippen LogP contribution in [-0.2, 0) is 5.88 Å². The maximum Gasteiger partial charge on any atom is 0.125 e. The van der Waals surface area contributed by atoms with E-state index >= 15 is 0 Å². The number of hydrogen-bond acceptors (Lipinski definition) is 1. The molecule has 2 rings (SSSR count). The molecule has 0 aliphatic heterocycles. The van der Waals surface area contributed by atoms with E-state index in [9.17, 15) is 0 Å². The van der Waals surface area contributed by atoms with Gasteiger partial charge in [-0.2, -0.15) is 0 Å². The second-order valence-electron chi connectivity index (χ2n) is 5.12. The molecule has 1 aromatic heterocycles. The van der Waals surface area contributed by atoms with Gasteiger partial charge in [0.15, 0.2) is 0 Å². The van der Waals surface area contributed by atoms with E-state index in [0.717, 1.165) is 28.3 Å². The fraction of sp³-hybridized carbons (Fsp3) is 0.500. The number of fused-ring (bicyclic) bond motifs is 1. The highest BCUT2D eigenvalue weighted by molar-refractivity contribution is 6.35. The van der Waals surface area contributed by atoms with Gasteiger partial charge in [0.1, 0.15) is 5.82 Å². The molecular weight excluding hydrogens is 267 g/mol. The van der Waals surface area contributed by atoms with Crippen LogP contribution in [0.15, 0.2) is 18.2 Å². The summed E-state index contributed by atoms with van der Waals surface area (Å²) in [6, 6.07) is 6.16. The molecule has 0 saturated carbocycles. The fourth-order valence-electron chi connectivity index (χ4n) is 2.51. The average molecular weight is 285 g/mol. The number of alkyl halides is 1. The summed E-state index contributed by atoms with van der Waals surface area (Å²) in [5, 5.41) is 0.743. The van der Waals surface area contributed by atoms with Crippen molar-refractivity contribution in [3.63, 3.8) is 0 Å². The van der Waals surface area contributed by atoms with Gasteiger partial charge >= 0.3 is 0 Å². The number of aromatic nitrogens is 2. The molecule has 0 bridgehead atoms. The van der Waals surface area contributed by atoms with Crippen LogP contribution < -0.4 is 0 Å². The summed E-state index contributed by atoms with van der Waals surface area (Å²) in [6.07, 6.45) is 1.08. The predicted molar refractivity (Wildman–Crippen MR) is 78.5 cm³/mol. The Morgan fingerprint density at radius 3 is 2.61 bits per heavy atom. The highest BCUT2D eigenvalue weighted by atomic mass is 35.5. The first-order valence-corrected chi connectivity index (χ1v) is 7.17. The molecule has 0 spiro atoms. The lowest BCUT2D eigenvalue weighted by Gasteiger charge is -2.19. The van der Waals surface area contributed by atoms with Crippen molar-refractivity contribution >= 4 is 34.2 Å². The monoisotopic (exact) mass is 284 g/mol. The van der Waals surface area contributed by atoms with Crippen molar-refractivity contribution in [3.05, 3.63) is 29.0 Å². The summed E-state index contributed by atoms with van der Waals surface area (Å²) in [4.78, 5) is 4.57. The lowest BCUT2D eigenvalue weighted by molar-refractivity contribution is 0.428. The van der Waals surface area contributed by atoms with Crippen LogP contribution in [0.2, 0.25) is 5.02 Å². The van der Waals surface area contributed by atoms with Crippen LogP contribution in [0, 0.1) is 5.92 Å². The van der Waals surface area contributed by atoms with Crippen molar-refractivity contribution in [3.8, 4) is 0 Å². The normalized spacial score (nSPS) is 13.4. The van der Waals surface area contributed by atoms with Crippen LogP contribution in [0.25, 0.3) is 11.0 Å². The van der Waals surface area contributed by atoms with Crippen LogP contribution in [0.5, 0.6) is 0 Å². The summed E-state index contributed by atoms with van der Waals surface area (Å²) in [5.74, 6) is 1.93. The minimum Gasteiger partial charge on any atom is -0.323 e. The first-order chi connectivity index (χ1) is 8.54. The quantitative estimate of drug-likeness (QED) is 0.720. The number of halogens is 2. The third kappa shape index (κ3) is 2.50. The first-order valence-electron chi connectivity index (χ1n) is 6.25. The van der Waals surface area contributed by atoms with Gasteiger partial charge in [0, 0.05) is 6.04 Å².